The monoisotopic (exact) mass is 274 g/mol. The Morgan fingerprint density at radius 2 is 1.70 bits per heavy atom. The molecule has 0 bridgehead atoms. The fraction of sp³-hybridized carbons (Fsp3) is 0.611. The molecule has 0 unspecified atom stereocenters. The zero-order chi connectivity index (χ0) is 14.2. The normalized spacial score (nSPS) is 16.6. The van der Waals surface area contributed by atoms with Crippen LogP contribution < -0.4 is 0 Å². The van der Waals surface area contributed by atoms with Crippen molar-refractivity contribution in [2.45, 2.75) is 71.0 Å². The maximum absolute atomic E-state index is 11.2. The van der Waals surface area contributed by atoms with Crippen molar-refractivity contribution in [3.8, 4) is 0 Å². The molecule has 1 fully saturated rings. The quantitative estimate of drug-likeness (QED) is 0.687. The second-order valence-corrected chi connectivity index (χ2v) is 5.82. The van der Waals surface area contributed by atoms with Gasteiger partial charge >= 0.3 is 0 Å². The molecule has 0 aliphatic heterocycles. The van der Waals surface area contributed by atoms with E-state index in [0.29, 0.717) is 25.2 Å². The molecule has 2 rings (SSSR count). The molecule has 2 heteroatoms. The van der Waals surface area contributed by atoms with Gasteiger partial charge < -0.3 is 4.74 Å². The van der Waals surface area contributed by atoms with Crippen LogP contribution in [0.5, 0.6) is 0 Å². The predicted molar refractivity (Wildman–Crippen MR) is 81.7 cm³/mol. The lowest BCUT2D eigenvalue weighted by Crippen LogP contribution is -2.21. The van der Waals surface area contributed by atoms with E-state index in [4.69, 9.17) is 4.74 Å². The standard InChI is InChI=1S/C18H26O2/c1-2-3-4-5-15-6-8-16(9-7-15)14-20-18-12-10-17(19)11-13-18/h6-9,18H,2-5,10-14H2,1H3. The van der Waals surface area contributed by atoms with Crippen molar-refractivity contribution in [2.24, 2.45) is 0 Å². The van der Waals surface area contributed by atoms with Crippen LogP contribution in [0.3, 0.4) is 0 Å². The number of carbonyl (C=O) groups excluding carboxylic acids is 1. The summed E-state index contributed by atoms with van der Waals surface area (Å²) in [6, 6.07) is 8.79. The number of benzene rings is 1. The third-order valence-electron chi connectivity index (χ3n) is 4.07. The van der Waals surface area contributed by atoms with Gasteiger partial charge in [-0.1, -0.05) is 44.0 Å². The second-order valence-electron chi connectivity index (χ2n) is 5.82. The lowest BCUT2D eigenvalue weighted by molar-refractivity contribution is -0.123. The molecule has 1 saturated carbocycles. The minimum atomic E-state index is 0.275. The fourth-order valence-corrected chi connectivity index (χ4v) is 2.68. The van der Waals surface area contributed by atoms with Gasteiger partial charge in [0.15, 0.2) is 0 Å². The summed E-state index contributed by atoms with van der Waals surface area (Å²) >= 11 is 0. The molecule has 1 aromatic carbocycles. The van der Waals surface area contributed by atoms with Gasteiger partial charge in [0.05, 0.1) is 12.7 Å². The Hall–Kier alpha value is -1.15. The Balaban J connectivity index is 1.72. The van der Waals surface area contributed by atoms with Crippen LogP contribution in [0.15, 0.2) is 24.3 Å². The number of hydrogen-bond donors (Lipinski definition) is 0. The van der Waals surface area contributed by atoms with Crippen molar-refractivity contribution in [3.63, 3.8) is 0 Å². The number of rotatable bonds is 7. The first kappa shape index (κ1) is 15.2. The largest absolute Gasteiger partial charge is 0.374 e. The number of hydrogen-bond acceptors (Lipinski definition) is 2. The van der Waals surface area contributed by atoms with Gasteiger partial charge in [0.1, 0.15) is 5.78 Å². The van der Waals surface area contributed by atoms with Gasteiger partial charge in [0.2, 0.25) is 0 Å². The summed E-state index contributed by atoms with van der Waals surface area (Å²) in [5.41, 5.74) is 2.66. The molecule has 20 heavy (non-hydrogen) atoms. The molecule has 0 aromatic heterocycles. The van der Waals surface area contributed by atoms with Gasteiger partial charge in [0.25, 0.3) is 0 Å². The van der Waals surface area contributed by atoms with Crippen molar-refractivity contribution >= 4 is 5.78 Å². The molecule has 1 aromatic rings. The van der Waals surface area contributed by atoms with Crippen LogP contribution in [0.2, 0.25) is 0 Å². The van der Waals surface area contributed by atoms with E-state index < -0.39 is 0 Å². The van der Waals surface area contributed by atoms with Crippen molar-refractivity contribution in [3.05, 3.63) is 35.4 Å². The van der Waals surface area contributed by atoms with E-state index in [0.717, 1.165) is 12.8 Å². The lowest BCUT2D eigenvalue weighted by atomic mass is 9.96. The van der Waals surface area contributed by atoms with E-state index in [9.17, 15) is 4.79 Å². The Morgan fingerprint density at radius 1 is 1.05 bits per heavy atom. The summed E-state index contributed by atoms with van der Waals surface area (Å²) in [5, 5.41) is 0. The molecule has 1 aliphatic rings. The van der Waals surface area contributed by atoms with Crippen LogP contribution in [0.25, 0.3) is 0 Å². The van der Waals surface area contributed by atoms with E-state index in [2.05, 4.69) is 31.2 Å². The van der Waals surface area contributed by atoms with Crippen molar-refractivity contribution in [1.82, 2.24) is 0 Å². The highest BCUT2D eigenvalue weighted by Gasteiger charge is 2.18. The van der Waals surface area contributed by atoms with Crippen LogP contribution in [0.4, 0.5) is 0 Å². The molecule has 0 saturated heterocycles. The number of ketones is 1. The number of aryl methyl sites for hydroxylation is 1. The van der Waals surface area contributed by atoms with Crippen molar-refractivity contribution < 1.29 is 9.53 Å². The van der Waals surface area contributed by atoms with Gasteiger partial charge in [0, 0.05) is 12.8 Å². The lowest BCUT2D eigenvalue weighted by Gasteiger charge is -2.21. The molecular formula is C18H26O2. The molecule has 110 valence electrons. The molecular weight excluding hydrogens is 248 g/mol. The highest BCUT2D eigenvalue weighted by atomic mass is 16.5. The number of Topliss-reactive ketones (excluding diaryl/α,β-unsaturated/α-hetero) is 1. The average Bonchev–Trinajstić information content (AvgIpc) is 2.48. The van der Waals surface area contributed by atoms with Crippen molar-refractivity contribution in [2.75, 3.05) is 0 Å². The van der Waals surface area contributed by atoms with Gasteiger partial charge in [-0.15, -0.1) is 0 Å². The summed E-state index contributed by atoms with van der Waals surface area (Å²) in [7, 11) is 0. The highest BCUT2D eigenvalue weighted by molar-refractivity contribution is 5.79. The first-order chi connectivity index (χ1) is 9.78. The molecule has 0 atom stereocenters. The summed E-state index contributed by atoms with van der Waals surface area (Å²) < 4.78 is 5.90. The maximum atomic E-state index is 11.2. The zero-order valence-electron chi connectivity index (χ0n) is 12.6. The van der Waals surface area contributed by atoms with Gasteiger partial charge in [-0.2, -0.15) is 0 Å². The number of ether oxygens (including phenoxy) is 1. The van der Waals surface area contributed by atoms with Crippen LogP contribution >= 0.6 is 0 Å². The third kappa shape index (κ3) is 5.09. The zero-order valence-corrected chi connectivity index (χ0v) is 12.6. The summed E-state index contributed by atoms with van der Waals surface area (Å²) in [5.74, 6) is 0.390. The Bertz CT molecular complexity index is 398. The third-order valence-corrected chi connectivity index (χ3v) is 4.07. The van der Waals surface area contributed by atoms with E-state index in [1.807, 2.05) is 0 Å². The van der Waals surface area contributed by atoms with E-state index in [1.165, 1.54) is 36.8 Å². The Morgan fingerprint density at radius 3 is 2.35 bits per heavy atom. The van der Waals surface area contributed by atoms with Crippen LogP contribution in [0.1, 0.15) is 63.0 Å². The Labute approximate surface area is 122 Å². The van der Waals surface area contributed by atoms with Crippen LogP contribution in [0, 0.1) is 0 Å². The van der Waals surface area contributed by atoms with E-state index in [1.54, 1.807) is 0 Å². The average molecular weight is 274 g/mol. The summed E-state index contributed by atoms with van der Waals surface area (Å²) in [6.07, 6.45) is 8.50. The fourth-order valence-electron chi connectivity index (χ4n) is 2.68. The topological polar surface area (TPSA) is 26.3 Å². The SMILES string of the molecule is CCCCCc1ccc(COC2CCC(=O)CC2)cc1. The first-order valence-electron chi connectivity index (χ1n) is 7.99. The van der Waals surface area contributed by atoms with Crippen molar-refractivity contribution in [1.29, 1.82) is 0 Å². The number of carbonyl (C=O) groups is 1. The van der Waals surface area contributed by atoms with Gasteiger partial charge in [-0.05, 0) is 36.8 Å². The summed E-state index contributed by atoms with van der Waals surface area (Å²) in [6.45, 7) is 2.91. The number of unbranched alkanes of at least 4 members (excludes halogenated alkanes) is 2. The van der Waals surface area contributed by atoms with Crippen LogP contribution in [-0.4, -0.2) is 11.9 Å². The molecule has 0 spiro atoms. The predicted octanol–water partition coefficient (Wildman–Crippen LogP) is 4.45. The van der Waals surface area contributed by atoms with Gasteiger partial charge in [-0.25, -0.2) is 0 Å². The molecule has 0 heterocycles. The smallest absolute Gasteiger partial charge is 0.133 e. The molecule has 0 amide bonds. The summed E-state index contributed by atoms with van der Waals surface area (Å²) in [4.78, 5) is 11.2. The molecule has 2 nitrogen and oxygen atoms in total. The molecule has 1 aliphatic carbocycles. The molecule has 0 N–H and O–H groups in total. The highest BCUT2D eigenvalue weighted by Crippen LogP contribution is 2.19. The Kier molecular flexibility index (Phi) is 6.25. The molecule has 0 radical (unpaired) electrons. The van der Waals surface area contributed by atoms with Crippen LogP contribution in [-0.2, 0) is 22.6 Å². The van der Waals surface area contributed by atoms with E-state index >= 15 is 0 Å². The minimum absolute atomic E-state index is 0.275. The van der Waals surface area contributed by atoms with E-state index in [-0.39, 0.29) is 6.10 Å². The first-order valence-corrected chi connectivity index (χ1v) is 7.99. The van der Waals surface area contributed by atoms with Gasteiger partial charge in [-0.3, -0.25) is 4.79 Å². The maximum Gasteiger partial charge on any atom is 0.133 e. The minimum Gasteiger partial charge on any atom is -0.374 e. The second kappa shape index (κ2) is 8.21.